The Morgan fingerprint density at radius 3 is 2.59 bits per heavy atom. The number of ketones is 1. The number of Topliss-reactive ketones (excluding diaryl/α,β-unsaturated/α-hetero) is 1. The highest BCUT2D eigenvalue weighted by Gasteiger charge is 2.20. The lowest BCUT2D eigenvalue weighted by Crippen LogP contribution is -2.07. The SMILES string of the molecule is CSc1c(OC(F)F)cccc1C(Cl)C(C)=O. The Morgan fingerprint density at radius 1 is 1.47 bits per heavy atom. The van der Waals surface area contributed by atoms with Gasteiger partial charge in [0, 0.05) is 0 Å². The van der Waals surface area contributed by atoms with Crippen LogP contribution in [0.25, 0.3) is 0 Å². The standard InChI is InChI=1S/C11H11ClF2O2S/c1-6(15)9(12)7-4-3-5-8(10(7)17-2)16-11(13)14/h3-5,9,11H,1-2H3. The predicted molar refractivity (Wildman–Crippen MR) is 64.1 cm³/mol. The number of hydrogen-bond donors (Lipinski definition) is 0. The van der Waals surface area contributed by atoms with Crippen molar-refractivity contribution < 1.29 is 18.3 Å². The Morgan fingerprint density at radius 2 is 2.12 bits per heavy atom. The molecule has 6 heteroatoms. The zero-order valence-electron chi connectivity index (χ0n) is 9.25. The molecule has 17 heavy (non-hydrogen) atoms. The maximum Gasteiger partial charge on any atom is 0.387 e. The van der Waals surface area contributed by atoms with E-state index in [1.807, 2.05) is 0 Å². The first kappa shape index (κ1) is 14.3. The summed E-state index contributed by atoms with van der Waals surface area (Å²) in [5.41, 5.74) is 0.491. The number of carbonyl (C=O) groups is 1. The van der Waals surface area contributed by atoms with Gasteiger partial charge < -0.3 is 4.74 Å². The van der Waals surface area contributed by atoms with Crippen LogP contribution >= 0.6 is 23.4 Å². The van der Waals surface area contributed by atoms with Crippen LogP contribution in [0.15, 0.2) is 23.1 Å². The van der Waals surface area contributed by atoms with Gasteiger partial charge in [-0.2, -0.15) is 8.78 Å². The van der Waals surface area contributed by atoms with Crippen molar-refractivity contribution in [1.29, 1.82) is 0 Å². The lowest BCUT2D eigenvalue weighted by molar-refractivity contribution is -0.116. The number of alkyl halides is 3. The Kier molecular flexibility index (Phi) is 5.21. The van der Waals surface area contributed by atoms with Crippen molar-refractivity contribution in [2.24, 2.45) is 0 Å². The molecule has 0 saturated heterocycles. The van der Waals surface area contributed by atoms with Gasteiger partial charge in [-0.25, -0.2) is 0 Å². The van der Waals surface area contributed by atoms with E-state index in [1.165, 1.54) is 30.8 Å². The zero-order chi connectivity index (χ0) is 13.0. The van der Waals surface area contributed by atoms with Crippen LogP contribution in [-0.2, 0) is 4.79 Å². The molecule has 0 aliphatic carbocycles. The van der Waals surface area contributed by atoms with Crippen LogP contribution in [0.3, 0.4) is 0 Å². The quantitative estimate of drug-likeness (QED) is 0.605. The fraction of sp³-hybridized carbons (Fsp3) is 0.364. The molecule has 0 aromatic heterocycles. The van der Waals surface area contributed by atoms with Crippen LogP contribution in [0.4, 0.5) is 8.78 Å². The number of halogens is 3. The molecule has 1 aromatic carbocycles. The number of benzene rings is 1. The Hall–Kier alpha value is -0.810. The molecule has 0 heterocycles. The van der Waals surface area contributed by atoms with Gasteiger partial charge in [-0.05, 0) is 24.8 Å². The van der Waals surface area contributed by atoms with Crippen molar-refractivity contribution in [2.75, 3.05) is 6.26 Å². The van der Waals surface area contributed by atoms with Gasteiger partial charge in [0.05, 0.1) is 4.90 Å². The molecule has 0 saturated carbocycles. The van der Waals surface area contributed by atoms with E-state index < -0.39 is 12.0 Å². The average molecular weight is 281 g/mol. The molecule has 0 bridgehead atoms. The van der Waals surface area contributed by atoms with E-state index in [0.717, 1.165) is 0 Å². The Balaban J connectivity index is 3.18. The summed E-state index contributed by atoms with van der Waals surface area (Å²) < 4.78 is 28.8. The van der Waals surface area contributed by atoms with Gasteiger partial charge in [0.25, 0.3) is 0 Å². The fourth-order valence-electron chi connectivity index (χ4n) is 1.36. The van der Waals surface area contributed by atoms with Crippen LogP contribution < -0.4 is 4.74 Å². The highest BCUT2D eigenvalue weighted by molar-refractivity contribution is 7.98. The van der Waals surface area contributed by atoms with Crippen molar-refractivity contribution in [3.05, 3.63) is 23.8 Å². The minimum Gasteiger partial charge on any atom is -0.434 e. The molecule has 1 rings (SSSR count). The third-order valence-electron chi connectivity index (χ3n) is 2.06. The smallest absolute Gasteiger partial charge is 0.387 e. The molecule has 0 aliphatic rings. The average Bonchev–Trinajstić information content (AvgIpc) is 2.26. The van der Waals surface area contributed by atoms with Gasteiger partial charge in [0.1, 0.15) is 11.1 Å². The fourth-order valence-corrected chi connectivity index (χ4v) is 2.34. The molecule has 0 spiro atoms. The van der Waals surface area contributed by atoms with Gasteiger partial charge in [-0.1, -0.05) is 12.1 Å². The molecular formula is C11H11ClF2O2S. The summed E-state index contributed by atoms with van der Waals surface area (Å²) in [6, 6.07) is 4.58. The summed E-state index contributed by atoms with van der Waals surface area (Å²) in [7, 11) is 0. The van der Waals surface area contributed by atoms with Crippen molar-refractivity contribution >= 4 is 29.1 Å². The number of carbonyl (C=O) groups excluding carboxylic acids is 1. The second-order valence-corrected chi connectivity index (χ2v) is 4.48. The molecule has 1 unspecified atom stereocenters. The number of thioether (sulfide) groups is 1. The maximum atomic E-state index is 12.2. The summed E-state index contributed by atoms with van der Waals surface area (Å²) in [5, 5.41) is -0.848. The van der Waals surface area contributed by atoms with E-state index in [-0.39, 0.29) is 11.5 Å². The lowest BCUT2D eigenvalue weighted by atomic mass is 10.1. The summed E-state index contributed by atoms with van der Waals surface area (Å²) >= 11 is 7.14. The maximum absolute atomic E-state index is 12.2. The third-order valence-corrected chi connectivity index (χ3v) is 3.45. The van der Waals surface area contributed by atoms with Crippen LogP contribution in [0, 0.1) is 0 Å². The molecule has 2 nitrogen and oxygen atoms in total. The molecule has 0 amide bonds. The van der Waals surface area contributed by atoms with Crippen molar-refractivity contribution in [1.82, 2.24) is 0 Å². The van der Waals surface area contributed by atoms with E-state index in [1.54, 1.807) is 12.3 Å². The Bertz CT molecular complexity index is 412. The van der Waals surface area contributed by atoms with Crippen LogP contribution in [0.2, 0.25) is 0 Å². The summed E-state index contributed by atoms with van der Waals surface area (Å²) in [6.07, 6.45) is 1.71. The molecule has 1 atom stereocenters. The summed E-state index contributed by atoms with van der Waals surface area (Å²) in [5.74, 6) is -0.201. The van der Waals surface area contributed by atoms with E-state index >= 15 is 0 Å². The molecule has 1 aromatic rings. The van der Waals surface area contributed by atoms with Gasteiger partial charge in [0.2, 0.25) is 0 Å². The minimum atomic E-state index is -2.90. The third kappa shape index (κ3) is 3.57. The van der Waals surface area contributed by atoms with E-state index in [4.69, 9.17) is 11.6 Å². The number of ether oxygens (including phenoxy) is 1. The van der Waals surface area contributed by atoms with Gasteiger partial charge >= 0.3 is 6.61 Å². The zero-order valence-corrected chi connectivity index (χ0v) is 10.8. The van der Waals surface area contributed by atoms with E-state index in [9.17, 15) is 13.6 Å². The second kappa shape index (κ2) is 6.21. The topological polar surface area (TPSA) is 26.3 Å². The first-order chi connectivity index (χ1) is 7.97. The molecule has 0 aliphatic heterocycles. The van der Waals surface area contributed by atoms with Crippen LogP contribution in [0.5, 0.6) is 5.75 Å². The van der Waals surface area contributed by atoms with Crippen molar-refractivity contribution in [2.45, 2.75) is 23.8 Å². The number of rotatable bonds is 5. The molecule has 94 valence electrons. The van der Waals surface area contributed by atoms with Crippen molar-refractivity contribution in [3.8, 4) is 5.75 Å². The van der Waals surface area contributed by atoms with E-state index in [2.05, 4.69) is 4.74 Å². The van der Waals surface area contributed by atoms with Gasteiger partial charge in [-0.3, -0.25) is 4.79 Å². The van der Waals surface area contributed by atoms with Crippen molar-refractivity contribution in [3.63, 3.8) is 0 Å². The summed E-state index contributed by atoms with van der Waals surface area (Å²) in [4.78, 5) is 11.7. The number of hydrogen-bond acceptors (Lipinski definition) is 3. The molecule has 0 radical (unpaired) electrons. The first-order valence-electron chi connectivity index (χ1n) is 4.73. The highest BCUT2D eigenvalue weighted by atomic mass is 35.5. The van der Waals surface area contributed by atoms with Gasteiger partial charge in [0.15, 0.2) is 5.78 Å². The first-order valence-corrected chi connectivity index (χ1v) is 6.39. The molecule has 0 N–H and O–H groups in total. The van der Waals surface area contributed by atoms with Crippen LogP contribution in [-0.4, -0.2) is 18.7 Å². The molecule has 0 fully saturated rings. The van der Waals surface area contributed by atoms with E-state index in [0.29, 0.717) is 10.5 Å². The highest BCUT2D eigenvalue weighted by Crippen LogP contribution is 2.37. The molecular weight excluding hydrogens is 270 g/mol. The lowest BCUT2D eigenvalue weighted by Gasteiger charge is -2.15. The largest absolute Gasteiger partial charge is 0.434 e. The second-order valence-electron chi connectivity index (χ2n) is 3.23. The monoisotopic (exact) mass is 280 g/mol. The summed E-state index contributed by atoms with van der Waals surface area (Å²) in [6.45, 7) is -1.55. The van der Waals surface area contributed by atoms with Crippen LogP contribution in [0.1, 0.15) is 17.9 Å². The van der Waals surface area contributed by atoms with Gasteiger partial charge in [-0.15, -0.1) is 23.4 Å². The Labute approximate surface area is 107 Å². The minimum absolute atomic E-state index is 0.0388. The predicted octanol–water partition coefficient (Wildman–Crippen LogP) is 3.88. The normalized spacial score (nSPS) is 12.6.